The standard InChI is InChI=1S/C38H42N4O4/c1-39-33(25-15-13-17-27(23-25)43-5)34(26-16-14-18-28(24-26)44-6)40(2)37(39)38-41(3)35(29-19-9-11-21-31(29)45-7)36(42(38)4)30-20-10-12-22-32(30)46-8/h9-24,37-38H,1-8H3. The van der Waals surface area contributed by atoms with E-state index in [0.717, 1.165) is 68.0 Å². The molecule has 0 bridgehead atoms. The quantitative estimate of drug-likeness (QED) is 0.211. The fourth-order valence-corrected chi connectivity index (χ4v) is 7.05. The Labute approximate surface area is 272 Å². The molecule has 0 N–H and O–H groups in total. The Morgan fingerprint density at radius 3 is 1.15 bits per heavy atom. The molecule has 0 saturated carbocycles. The van der Waals surface area contributed by atoms with Crippen LogP contribution in [0.3, 0.4) is 0 Å². The van der Waals surface area contributed by atoms with E-state index in [1.807, 2.05) is 48.5 Å². The van der Waals surface area contributed by atoms with E-state index in [0.29, 0.717) is 0 Å². The van der Waals surface area contributed by atoms with Gasteiger partial charge < -0.3 is 38.5 Å². The Bertz CT molecular complexity index is 1670. The third-order valence-electron chi connectivity index (χ3n) is 9.12. The van der Waals surface area contributed by atoms with Gasteiger partial charge in [0.15, 0.2) is 0 Å². The number of para-hydroxylation sites is 2. The normalized spacial score (nSPS) is 15.7. The van der Waals surface area contributed by atoms with Crippen molar-refractivity contribution in [2.24, 2.45) is 0 Å². The van der Waals surface area contributed by atoms with Gasteiger partial charge in [0.2, 0.25) is 0 Å². The molecule has 0 spiro atoms. The summed E-state index contributed by atoms with van der Waals surface area (Å²) < 4.78 is 23.2. The largest absolute Gasteiger partial charge is 0.497 e. The van der Waals surface area contributed by atoms with Crippen molar-refractivity contribution in [1.82, 2.24) is 19.6 Å². The van der Waals surface area contributed by atoms with E-state index in [9.17, 15) is 0 Å². The summed E-state index contributed by atoms with van der Waals surface area (Å²) >= 11 is 0. The highest BCUT2D eigenvalue weighted by atomic mass is 16.5. The summed E-state index contributed by atoms with van der Waals surface area (Å²) in [4.78, 5) is 9.50. The van der Waals surface area contributed by atoms with Crippen molar-refractivity contribution in [2.45, 2.75) is 12.3 Å². The van der Waals surface area contributed by atoms with Crippen LogP contribution in [0.25, 0.3) is 22.8 Å². The third-order valence-corrected chi connectivity index (χ3v) is 9.12. The smallest absolute Gasteiger partial charge is 0.141 e. The third kappa shape index (κ3) is 5.04. The molecular formula is C38H42N4O4. The number of nitrogens with zero attached hydrogens (tertiary/aromatic N) is 4. The van der Waals surface area contributed by atoms with Gasteiger partial charge in [-0.25, -0.2) is 0 Å². The average molecular weight is 619 g/mol. The van der Waals surface area contributed by atoms with Crippen molar-refractivity contribution in [3.05, 3.63) is 119 Å². The van der Waals surface area contributed by atoms with E-state index in [2.05, 4.69) is 96.3 Å². The number of hydrogen-bond acceptors (Lipinski definition) is 8. The van der Waals surface area contributed by atoms with Gasteiger partial charge in [0, 0.05) is 50.4 Å². The van der Waals surface area contributed by atoms with Gasteiger partial charge in [-0.1, -0.05) is 48.5 Å². The van der Waals surface area contributed by atoms with Gasteiger partial charge in [0.05, 0.1) is 51.2 Å². The molecule has 0 amide bonds. The second-order valence-corrected chi connectivity index (χ2v) is 11.5. The Morgan fingerprint density at radius 2 is 0.783 bits per heavy atom. The molecule has 0 aliphatic carbocycles. The summed E-state index contributed by atoms with van der Waals surface area (Å²) in [6.07, 6.45) is -0.215. The number of methoxy groups -OCH3 is 4. The molecule has 4 aromatic carbocycles. The maximum Gasteiger partial charge on any atom is 0.141 e. The van der Waals surface area contributed by atoms with Gasteiger partial charge in [-0.05, 0) is 48.5 Å². The van der Waals surface area contributed by atoms with Crippen molar-refractivity contribution in [3.63, 3.8) is 0 Å². The second-order valence-electron chi connectivity index (χ2n) is 11.5. The van der Waals surface area contributed by atoms with Gasteiger partial charge >= 0.3 is 0 Å². The van der Waals surface area contributed by atoms with E-state index in [1.165, 1.54) is 0 Å². The molecule has 0 unspecified atom stereocenters. The van der Waals surface area contributed by atoms with E-state index in [4.69, 9.17) is 18.9 Å². The lowest BCUT2D eigenvalue weighted by molar-refractivity contribution is 0.0582. The minimum atomic E-state index is -0.112. The molecule has 2 heterocycles. The van der Waals surface area contributed by atoms with Crippen LogP contribution in [-0.4, -0.2) is 88.6 Å². The highest BCUT2D eigenvalue weighted by molar-refractivity contribution is 5.95. The zero-order valence-electron chi connectivity index (χ0n) is 27.8. The van der Waals surface area contributed by atoms with Gasteiger partial charge in [-0.3, -0.25) is 0 Å². The lowest BCUT2D eigenvalue weighted by atomic mass is 10.0. The predicted octanol–water partition coefficient (Wildman–Crippen LogP) is 6.48. The summed E-state index contributed by atoms with van der Waals surface area (Å²) in [5.74, 6) is 3.24. The molecule has 46 heavy (non-hydrogen) atoms. The molecule has 6 rings (SSSR count). The van der Waals surface area contributed by atoms with Crippen LogP contribution in [0.5, 0.6) is 23.0 Å². The Kier molecular flexibility index (Phi) is 8.45. The average Bonchev–Trinajstić information content (AvgIpc) is 3.50. The number of hydrogen-bond donors (Lipinski definition) is 0. The Morgan fingerprint density at radius 1 is 0.413 bits per heavy atom. The van der Waals surface area contributed by atoms with E-state index >= 15 is 0 Å². The molecule has 0 saturated heterocycles. The summed E-state index contributed by atoms with van der Waals surface area (Å²) in [7, 11) is 15.5. The monoisotopic (exact) mass is 618 g/mol. The van der Waals surface area contributed by atoms with Crippen LogP contribution in [0.2, 0.25) is 0 Å². The maximum atomic E-state index is 5.92. The maximum absolute atomic E-state index is 5.92. The zero-order chi connectivity index (χ0) is 32.5. The molecule has 0 atom stereocenters. The van der Waals surface area contributed by atoms with Crippen LogP contribution in [-0.2, 0) is 0 Å². The van der Waals surface area contributed by atoms with Gasteiger partial charge in [-0.2, -0.15) is 0 Å². The molecule has 2 aliphatic rings. The second kappa shape index (κ2) is 12.6. The van der Waals surface area contributed by atoms with Crippen molar-refractivity contribution >= 4 is 22.8 Å². The number of ether oxygens (including phenoxy) is 4. The minimum Gasteiger partial charge on any atom is -0.497 e. The lowest BCUT2D eigenvalue weighted by Gasteiger charge is -2.42. The van der Waals surface area contributed by atoms with Crippen molar-refractivity contribution in [3.8, 4) is 23.0 Å². The lowest BCUT2D eigenvalue weighted by Crippen LogP contribution is -2.55. The molecule has 2 aliphatic heterocycles. The predicted molar refractivity (Wildman–Crippen MR) is 184 cm³/mol. The first kappa shape index (κ1) is 30.8. The molecule has 0 fully saturated rings. The number of likely N-dealkylation sites (N-methyl/N-ethyl adjacent to an activating group) is 4. The molecule has 0 radical (unpaired) electrons. The van der Waals surface area contributed by atoms with E-state index in [-0.39, 0.29) is 12.3 Å². The summed E-state index contributed by atoms with van der Waals surface area (Å²) in [6, 6.07) is 32.9. The molecule has 4 aromatic rings. The molecule has 8 heteroatoms. The van der Waals surface area contributed by atoms with Crippen LogP contribution in [0.1, 0.15) is 22.3 Å². The van der Waals surface area contributed by atoms with Crippen LogP contribution in [0, 0.1) is 0 Å². The van der Waals surface area contributed by atoms with Crippen LogP contribution >= 0.6 is 0 Å². The van der Waals surface area contributed by atoms with Crippen LogP contribution in [0.15, 0.2) is 97.1 Å². The zero-order valence-corrected chi connectivity index (χ0v) is 27.8. The SMILES string of the molecule is COc1cccc(C2=C(c3cccc(OC)c3)N(C)C(C3N(C)C(c4ccccc4OC)=C(c4ccccc4OC)N3C)N2C)c1. The first-order chi connectivity index (χ1) is 22.3. The van der Waals surface area contributed by atoms with Crippen molar-refractivity contribution in [2.75, 3.05) is 56.6 Å². The number of benzene rings is 4. The fourth-order valence-electron chi connectivity index (χ4n) is 7.05. The van der Waals surface area contributed by atoms with Crippen molar-refractivity contribution in [1.29, 1.82) is 0 Å². The van der Waals surface area contributed by atoms with Gasteiger partial charge in [0.25, 0.3) is 0 Å². The summed E-state index contributed by atoms with van der Waals surface area (Å²) in [5, 5.41) is 0. The highest BCUT2D eigenvalue weighted by Crippen LogP contribution is 2.49. The van der Waals surface area contributed by atoms with Crippen LogP contribution < -0.4 is 18.9 Å². The molecule has 238 valence electrons. The van der Waals surface area contributed by atoms with E-state index < -0.39 is 0 Å². The molecule has 0 aromatic heterocycles. The molecule has 8 nitrogen and oxygen atoms in total. The highest BCUT2D eigenvalue weighted by Gasteiger charge is 2.48. The minimum absolute atomic E-state index is 0.102. The first-order valence-electron chi connectivity index (χ1n) is 15.3. The summed E-state index contributed by atoms with van der Waals surface area (Å²) in [6.45, 7) is 0. The van der Waals surface area contributed by atoms with Gasteiger partial charge in [-0.15, -0.1) is 0 Å². The molecular weight excluding hydrogens is 576 g/mol. The summed E-state index contributed by atoms with van der Waals surface area (Å²) in [5.41, 5.74) is 8.50. The number of rotatable bonds is 9. The van der Waals surface area contributed by atoms with Crippen molar-refractivity contribution < 1.29 is 18.9 Å². The Balaban J connectivity index is 1.53. The van der Waals surface area contributed by atoms with Crippen LogP contribution in [0.4, 0.5) is 0 Å². The fraction of sp³-hybridized carbons (Fsp3) is 0.263. The Hall–Kier alpha value is -5.24. The van der Waals surface area contributed by atoms with E-state index in [1.54, 1.807) is 28.4 Å². The topological polar surface area (TPSA) is 49.9 Å². The van der Waals surface area contributed by atoms with Gasteiger partial charge in [0.1, 0.15) is 35.3 Å². The first-order valence-corrected chi connectivity index (χ1v) is 15.3.